The first-order valence-electron chi connectivity index (χ1n) is 7.05. The van der Waals surface area contributed by atoms with Gasteiger partial charge >= 0.3 is 0 Å². The monoisotopic (exact) mass is 275 g/mol. The highest BCUT2D eigenvalue weighted by molar-refractivity contribution is 6.14. The van der Waals surface area contributed by atoms with Crippen LogP contribution in [0.4, 0.5) is 0 Å². The SMILES string of the molecule is COC1=CC2=NC(CCCNC(C)C)=CC2=C(OC)[CH]1. The van der Waals surface area contributed by atoms with Gasteiger partial charge in [-0.2, -0.15) is 0 Å². The predicted octanol–water partition coefficient (Wildman–Crippen LogP) is 2.75. The fraction of sp³-hybridized carbons (Fsp3) is 0.500. The number of aliphatic imine (C=N–C) groups is 1. The Hall–Kier alpha value is -1.55. The molecule has 0 amide bonds. The van der Waals surface area contributed by atoms with Crippen LogP contribution in [0, 0.1) is 6.42 Å². The molecule has 0 saturated carbocycles. The van der Waals surface area contributed by atoms with Gasteiger partial charge in [0, 0.05) is 23.4 Å². The molecular formula is C16H23N2O2. The number of fused-ring (bicyclic) bond motifs is 1. The lowest BCUT2D eigenvalue weighted by Gasteiger charge is -2.16. The summed E-state index contributed by atoms with van der Waals surface area (Å²) in [6.07, 6.45) is 8.02. The third-order valence-corrected chi connectivity index (χ3v) is 3.29. The minimum Gasteiger partial charge on any atom is -0.500 e. The highest BCUT2D eigenvalue weighted by Crippen LogP contribution is 2.30. The molecule has 109 valence electrons. The van der Waals surface area contributed by atoms with E-state index in [2.05, 4.69) is 30.2 Å². The second kappa shape index (κ2) is 6.75. The highest BCUT2D eigenvalue weighted by atomic mass is 16.5. The molecular weight excluding hydrogens is 252 g/mol. The summed E-state index contributed by atoms with van der Waals surface area (Å²) in [5.41, 5.74) is 3.10. The van der Waals surface area contributed by atoms with Crippen LogP contribution in [0.1, 0.15) is 26.7 Å². The summed E-state index contributed by atoms with van der Waals surface area (Å²) in [5, 5.41) is 3.42. The Labute approximate surface area is 121 Å². The Bertz CT molecular complexity index is 485. The fourth-order valence-electron chi connectivity index (χ4n) is 2.25. The summed E-state index contributed by atoms with van der Waals surface area (Å²) in [6, 6.07) is 0.533. The van der Waals surface area contributed by atoms with Crippen molar-refractivity contribution in [3.63, 3.8) is 0 Å². The quantitative estimate of drug-likeness (QED) is 0.726. The van der Waals surface area contributed by atoms with Crippen LogP contribution in [-0.4, -0.2) is 32.5 Å². The molecule has 1 aliphatic heterocycles. The van der Waals surface area contributed by atoms with E-state index in [4.69, 9.17) is 9.47 Å². The molecule has 0 aromatic heterocycles. The molecule has 0 aromatic rings. The average Bonchev–Trinajstić information content (AvgIpc) is 2.84. The molecule has 1 N–H and O–H groups in total. The highest BCUT2D eigenvalue weighted by Gasteiger charge is 2.24. The van der Waals surface area contributed by atoms with E-state index in [1.807, 2.05) is 12.5 Å². The van der Waals surface area contributed by atoms with Crippen molar-refractivity contribution < 1.29 is 9.47 Å². The van der Waals surface area contributed by atoms with Gasteiger partial charge in [-0.3, -0.25) is 4.99 Å². The van der Waals surface area contributed by atoms with Gasteiger partial charge in [0.05, 0.1) is 26.4 Å². The first kappa shape index (κ1) is 14.9. The van der Waals surface area contributed by atoms with Crippen molar-refractivity contribution >= 4 is 5.71 Å². The van der Waals surface area contributed by atoms with Crippen molar-refractivity contribution in [2.45, 2.75) is 32.7 Å². The number of hydrogen-bond acceptors (Lipinski definition) is 4. The molecule has 2 aliphatic rings. The number of hydrogen-bond donors (Lipinski definition) is 1. The summed E-state index contributed by atoms with van der Waals surface area (Å²) in [5.74, 6) is 1.60. The zero-order chi connectivity index (χ0) is 14.5. The van der Waals surface area contributed by atoms with Crippen LogP contribution in [0.2, 0.25) is 0 Å². The molecule has 4 nitrogen and oxygen atoms in total. The fourth-order valence-corrected chi connectivity index (χ4v) is 2.25. The smallest absolute Gasteiger partial charge is 0.117 e. The zero-order valence-electron chi connectivity index (χ0n) is 12.7. The summed E-state index contributed by atoms with van der Waals surface area (Å²) in [7, 11) is 3.33. The molecule has 0 fully saturated rings. The van der Waals surface area contributed by atoms with Crippen molar-refractivity contribution in [3.8, 4) is 0 Å². The molecule has 1 heterocycles. The minimum absolute atomic E-state index is 0.533. The number of ether oxygens (including phenoxy) is 2. The van der Waals surface area contributed by atoms with E-state index in [0.717, 1.165) is 47.9 Å². The van der Waals surface area contributed by atoms with E-state index in [9.17, 15) is 0 Å². The van der Waals surface area contributed by atoms with E-state index in [-0.39, 0.29) is 0 Å². The van der Waals surface area contributed by atoms with Crippen LogP contribution >= 0.6 is 0 Å². The first-order chi connectivity index (χ1) is 9.63. The van der Waals surface area contributed by atoms with E-state index < -0.39 is 0 Å². The number of nitrogens with zero attached hydrogens (tertiary/aromatic N) is 1. The molecule has 0 atom stereocenters. The zero-order valence-corrected chi connectivity index (χ0v) is 12.7. The lowest BCUT2D eigenvalue weighted by Crippen LogP contribution is -2.23. The van der Waals surface area contributed by atoms with Gasteiger partial charge in [-0.1, -0.05) is 13.8 Å². The summed E-state index contributed by atoms with van der Waals surface area (Å²) >= 11 is 0. The Morgan fingerprint density at radius 2 is 2.00 bits per heavy atom. The summed E-state index contributed by atoms with van der Waals surface area (Å²) in [6.45, 7) is 5.33. The van der Waals surface area contributed by atoms with E-state index in [1.165, 1.54) is 0 Å². The van der Waals surface area contributed by atoms with Gasteiger partial charge in [0.2, 0.25) is 0 Å². The van der Waals surface area contributed by atoms with Crippen LogP contribution < -0.4 is 5.32 Å². The average molecular weight is 275 g/mol. The molecule has 4 heteroatoms. The number of allylic oxidation sites excluding steroid dienone is 4. The Morgan fingerprint density at radius 1 is 1.20 bits per heavy atom. The predicted molar refractivity (Wildman–Crippen MR) is 81.3 cm³/mol. The Kier molecular flexibility index (Phi) is 5.01. The van der Waals surface area contributed by atoms with Gasteiger partial charge < -0.3 is 14.8 Å². The molecule has 20 heavy (non-hydrogen) atoms. The van der Waals surface area contributed by atoms with Crippen LogP contribution in [0.5, 0.6) is 0 Å². The van der Waals surface area contributed by atoms with Crippen LogP contribution in [-0.2, 0) is 9.47 Å². The standard InChI is InChI=1S/C16H23N2O2/c1-11(2)17-7-5-6-12-8-14-15(18-12)9-13(19-3)10-16(14)20-4/h8-11,17H,5-7H2,1-4H3. The van der Waals surface area contributed by atoms with Crippen molar-refractivity contribution in [2.24, 2.45) is 4.99 Å². The van der Waals surface area contributed by atoms with Gasteiger partial charge in [-0.15, -0.1) is 0 Å². The second-order valence-electron chi connectivity index (χ2n) is 5.22. The Balaban J connectivity index is 2.00. The second-order valence-corrected chi connectivity index (χ2v) is 5.22. The van der Waals surface area contributed by atoms with Crippen LogP contribution in [0.15, 0.2) is 39.9 Å². The topological polar surface area (TPSA) is 42.8 Å². The third kappa shape index (κ3) is 3.51. The molecule has 1 radical (unpaired) electrons. The van der Waals surface area contributed by atoms with Crippen molar-refractivity contribution in [3.05, 3.63) is 41.4 Å². The number of nitrogens with one attached hydrogen (secondary N) is 1. The van der Waals surface area contributed by atoms with Crippen molar-refractivity contribution in [2.75, 3.05) is 20.8 Å². The molecule has 2 rings (SSSR count). The van der Waals surface area contributed by atoms with Gasteiger partial charge in [-0.25, -0.2) is 0 Å². The van der Waals surface area contributed by atoms with E-state index in [0.29, 0.717) is 6.04 Å². The maximum Gasteiger partial charge on any atom is 0.117 e. The van der Waals surface area contributed by atoms with Crippen molar-refractivity contribution in [1.29, 1.82) is 0 Å². The van der Waals surface area contributed by atoms with Crippen LogP contribution in [0.3, 0.4) is 0 Å². The van der Waals surface area contributed by atoms with Gasteiger partial charge in [0.15, 0.2) is 0 Å². The Morgan fingerprint density at radius 3 is 2.65 bits per heavy atom. The molecule has 0 saturated heterocycles. The molecule has 0 unspecified atom stereocenters. The van der Waals surface area contributed by atoms with Gasteiger partial charge in [0.25, 0.3) is 0 Å². The van der Waals surface area contributed by atoms with E-state index >= 15 is 0 Å². The normalized spacial score (nSPS) is 17.8. The van der Waals surface area contributed by atoms with Crippen molar-refractivity contribution in [1.82, 2.24) is 5.32 Å². The first-order valence-corrected chi connectivity index (χ1v) is 7.05. The van der Waals surface area contributed by atoms with E-state index in [1.54, 1.807) is 14.2 Å². The molecule has 0 aromatic carbocycles. The van der Waals surface area contributed by atoms with Gasteiger partial charge in [0.1, 0.15) is 11.5 Å². The van der Waals surface area contributed by atoms with Crippen LogP contribution in [0.25, 0.3) is 0 Å². The molecule has 0 bridgehead atoms. The third-order valence-electron chi connectivity index (χ3n) is 3.29. The number of rotatable bonds is 7. The number of methoxy groups -OCH3 is 2. The van der Waals surface area contributed by atoms with Gasteiger partial charge in [-0.05, 0) is 25.5 Å². The maximum absolute atomic E-state index is 5.41. The lowest BCUT2D eigenvalue weighted by atomic mass is 10.0. The largest absolute Gasteiger partial charge is 0.500 e. The maximum atomic E-state index is 5.41. The minimum atomic E-state index is 0.533. The summed E-state index contributed by atoms with van der Waals surface area (Å²) < 4.78 is 10.7. The summed E-state index contributed by atoms with van der Waals surface area (Å²) in [4.78, 5) is 4.66. The lowest BCUT2D eigenvalue weighted by molar-refractivity contribution is 0.265. The molecule has 0 spiro atoms. The molecule has 1 aliphatic carbocycles.